The van der Waals surface area contributed by atoms with Crippen LogP contribution >= 0.6 is 23.8 Å². The third-order valence-electron chi connectivity index (χ3n) is 4.20. The highest BCUT2D eigenvalue weighted by atomic mass is 35.5. The van der Waals surface area contributed by atoms with E-state index in [2.05, 4.69) is 5.32 Å². The standard InChI is InChI=1S/C20H21ClFNO2S/c1-20(2,14-6-9-17(21)18(11-14)25-3)19(24)23-12-16(26)10-13-4-7-15(22)8-5-13/h4-9,11H,10,12H2,1-3H3,(H,23,24). The monoisotopic (exact) mass is 393 g/mol. The second kappa shape index (κ2) is 8.60. The van der Waals surface area contributed by atoms with Crippen molar-refractivity contribution in [1.82, 2.24) is 5.32 Å². The van der Waals surface area contributed by atoms with Crippen molar-refractivity contribution < 1.29 is 13.9 Å². The molecule has 1 N–H and O–H groups in total. The summed E-state index contributed by atoms with van der Waals surface area (Å²) >= 11 is 11.4. The van der Waals surface area contributed by atoms with E-state index in [-0.39, 0.29) is 18.3 Å². The molecular formula is C20H21ClFNO2S. The summed E-state index contributed by atoms with van der Waals surface area (Å²) in [5.41, 5.74) is 0.927. The van der Waals surface area contributed by atoms with Crippen LogP contribution in [0, 0.1) is 5.82 Å². The molecule has 0 fully saturated rings. The third kappa shape index (κ3) is 5.02. The van der Waals surface area contributed by atoms with Gasteiger partial charge < -0.3 is 10.1 Å². The van der Waals surface area contributed by atoms with Gasteiger partial charge in [0.25, 0.3) is 0 Å². The molecule has 0 heterocycles. The lowest BCUT2D eigenvalue weighted by molar-refractivity contribution is -0.125. The number of nitrogens with one attached hydrogen (secondary N) is 1. The van der Waals surface area contributed by atoms with E-state index in [0.29, 0.717) is 22.1 Å². The lowest BCUT2D eigenvalue weighted by Gasteiger charge is -2.25. The molecule has 0 saturated carbocycles. The number of ether oxygens (including phenoxy) is 1. The minimum atomic E-state index is -0.774. The molecule has 6 heteroatoms. The van der Waals surface area contributed by atoms with E-state index in [1.54, 1.807) is 30.3 Å². The molecule has 1 amide bonds. The Morgan fingerprint density at radius 1 is 1.23 bits per heavy atom. The van der Waals surface area contributed by atoms with Crippen molar-refractivity contribution in [3.8, 4) is 5.75 Å². The Labute approximate surface area is 163 Å². The van der Waals surface area contributed by atoms with Crippen molar-refractivity contribution in [2.45, 2.75) is 25.7 Å². The van der Waals surface area contributed by atoms with Gasteiger partial charge in [0.15, 0.2) is 0 Å². The van der Waals surface area contributed by atoms with E-state index in [0.717, 1.165) is 11.1 Å². The molecule has 138 valence electrons. The van der Waals surface area contributed by atoms with E-state index >= 15 is 0 Å². The summed E-state index contributed by atoms with van der Waals surface area (Å²) in [6.07, 6.45) is 0.505. The molecule has 2 rings (SSSR count). The summed E-state index contributed by atoms with van der Waals surface area (Å²) in [6, 6.07) is 11.5. The fourth-order valence-electron chi connectivity index (χ4n) is 2.47. The maximum Gasteiger partial charge on any atom is 0.230 e. The van der Waals surface area contributed by atoms with Gasteiger partial charge in [0.05, 0.1) is 17.5 Å². The number of carbonyl (C=O) groups is 1. The summed E-state index contributed by atoms with van der Waals surface area (Å²) in [4.78, 5) is 13.3. The summed E-state index contributed by atoms with van der Waals surface area (Å²) in [5, 5.41) is 3.37. The first-order valence-corrected chi connectivity index (χ1v) is 8.91. The largest absolute Gasteiger partial charge is 0.495 e. The maximum absolute atomic E-state index is 12.9. The number of hydrogen-bond donors (Lipinski definition) is 1. The number of thiocarbonyl (C=S) groups is 1. The van der Waals surface area contributed by atoms with Gasteiger partial charge in [-0.05, 0) is 49.2 Å². The molecule has 0 atom stereocenters. The van der Waals surface area contributed by atoms with Crippen molar-refractivity contribution in [3.63, 3.8) is 0 Å². The van der Waals surface area contributed by atoms with E-state index in [9.17, 15) is 9.18 Å². The number of halogens is 2. The Hall–Kier alpha value is -1.98. The van der Waals surface area contributed by atoms with Crippen LogP contribution in [0.15, 0.2) is 42.5 Å². The van der Waals surface area contributed by atoms with Crippen LogP contribution in [0.25, 0.3) is 0 Å². The topological polar surface area (TPSA) is 38.3 Å². The highest BCUT2D eigenvalue weighted by Gasteiger charge is 2.30. The van der Waals surface area contributed by atoms with Crippen molar-refractivity contribution in [2.24, 2.45) is 0 Å². The van der Waals surface area contributed by atoms with E-state index in [1.165, 1.54) is 19.2 Å². The van der Waals surface area contributed by atoms with Crippen LogP contribution in [0.2, 0.25) is 5.02 Å². The first kappa shape index (κ1) is 20.3. The zero-order valence-corrected chi connectivity index (χ0v) is 16.5. The summed E-state index contributed by atoms with van der Waals surface area (Å²) in [6.45, 7) is 3.93. The van der Waals surface area contributed by atoms with Gasteiger partial charge in [-0.25, -0.2) is 4.39 Å². The number of carbonyl (C=O) groups excluding carboxylic acids is 1. The SMILES string of the molecule is COc1cc(C(C)(C)C(=O)NCC(=S)Cc2ccc(F)cc2)ccc1Cl. The van der Waals surface area contributed by atoms with Crippen molar-refractivity contribution in [3.05, 3.63) is 64.4 Å². The van der Waals surface area contributed by atoms with Gasteiger partial charge in [0.2, 0.25) is 5.91 Å². The van der Waals surface area contributed by atoms with Crippen molar-refractivity contribution >= 4 is 34.6 Å². The van der Waals surface area contributed by atoms with Gasteiger partial charge in [-0.3, -0.25) is 4.79 Å². The number of amides is 1. The quantitative estimate of drug-likeness (QED) is 0.704. The Morgan fingerprint density at radius 2 is 1.88 bits per heavy atom. The average Bonchev–Trinajstić information content (AvgIpc) is 2.61. The zero-order valence-electron chi connectivity index (χ0n) is 14.9. The highest BCUT2D eigenvalue weighted by molar-refractivity contribution is 7.80. The molecule has 0 bridgehead atoms. The van der Waals surface area contributed by atoms with Crippen LogP contribution in [0.1, 0.15) is 25.0 Å². The molecule has 26 heavy (non-hydrogen) atoms. The van der Waals surface area contributed by atoms with Gasteiger partial charge in [0, 0.05) is 17.8 Å². The van der Waals surface area contributed by atoms with Gasteiger partial charge in [-0.2, -0.15) is 0 Å². The predicted octanol–water partition coefficient (Wildman–Crippen LogP) is 4.49. The van der Waals surface area contributed by atoms with Crippen LogP contribution in [-0.2, 0) is 16.6 Å². The molecule has 0 saturated heterocycles. The second-order valence-electron chi connectivity index (χ2n) is 6.50. The normalized spacial score (nSPS) is 11.1. The zero-order chi connectivity index (χ0) is 19.3. The average molecular weight is 394 g/mol. The van der Waals surface area contributed by atoms with Crippen molar-refractivity contribution in [1.29, 1.82) is 0 Å². The molecule has 0 spiro atoms. The predicted molar refractivity (Wildman–Crippen MR) is 107 cm³/mol. The highest BCUT2D eigenvalue weighted by Crippen LogP contribution is 2.31. The van der Waals surface area contributed by atoms with E-state index < -0.39 is 5.41 Å². The number of methoxy groups -OCH3 is 1. The molecular weight excluding hydrogens is 373 g/mol. The lowest BCUT2D eigenvalue weighted by Crippen LogP contribution is -2.42. The Balaban J connectivity index is 1.99. The lowest BCUT2D eigenvalue weighted by atomic mass is 9.83. The molecule has 2 aromatic carbocycles. The minimum absolute atomic E-state index is 0.150. The number of benzene rings is 2. The summed E-state index contributed by atoms with van der Waals surface area (Å²) in [7, 11) is 1.53. The van der Waals surface area contributed by atoms with Gasteiger partial charge in [-0.15, -0.1) is 0 Å². The van der Waals surface area contributed by atoms with E-state index in [4.69, 9.17) is 28.6 Å². The van der Waals surface area contributed by atoms with Gasteiger partial charge in [0.1, 0.15) is 11.6 Å². The Kier molecular flexibility index (Phi) is 6.73. The first-order chi connectivity index (χ1) is 12.2. The van der Waals surface area contributed by atoms with Crippen LogP contribution in [0.3, 0.4) is 0 Å². The van der Waals surface area contributed by atoms with Crippen molar-refractivity contribution in [2.75, 3.05) is 13.7 Å². The van der Waals surface area contributed by atoms with Crippen LogP contribution in [-0.4, -0.2) is 24.4 Å². The molecule has 0 aliphatic rings. The summed E-state index contributed by atoms with van der Waals surface area (Å²) < 4.78 is 18.2. The summed E-state index contributed by atoms with van der Waals surface area (Å²) in [5.74, 6) is 0.0910. The van der Waals surface area contributed by atoms with Gasteiger partial charge in [-0.1, -0.05) is 42.0 Å². The molecule has 3 nitrogen and oxygen atoms in total. The van der Waals surface area contributed by atoms with Gasteiger partial charge >= 0.3 is 0 Å². The van der Waals surface area contributed by atoms with E-state index in [1.807, 2.05) is 13.8 Å². The van der Waals surface area contributed by atoms with Crippen LogP contribution in [0.5, 0.6) is 5.75 Å². The third-order valence-corrected chi connectivity index (χ3v) is 4.80. The fraction of sp³-hybridized carbons (Fsp3) is 0.300. The molecule has 0 radical (unpaired) electrons. The van der Waals surface area contributed by atoms with Crippen LogP contribution < -0.4 is 10.1 Å². The molecule has 0 unspecified atom stereocenters. The molecule has 0 aliphatic carbocycles. The second-order valence-corrected chi connectivity index (χ2v) is 7.48. The van der Waals surface area contributed by atoms with Crippen LogP contribution in [0.4, 0.5) is 4.39 Å². The maximum atomic E-state index is 12.9. The Bertz CT molecular complexity index is 806. The minimum Gasteiger partial charge on any atom is -0.495 e. The fourth-order valence-corrected chi connectivity index (χ4v) is 2.91. The number of hydrogen-bond acceptors (Lipinski definition) is 3. The number of rotatable bonds is 7. The Morgan fingerprint density at radius 3 is 2.50 bits per heavy atom. The first-order valence-electron chi connectivity index (χ1n) is 8.12. The molecule has 2 aromatic rings. The molecule has 0 aliphatic heterocycles. The molecule has 0 aromatic heterocycles. The smallest absolute Gasteiger partial charge is 0.230 e.